The summed E-state index contributed by atoms with van der Waals surface area (Å²) in [4.78, 5) is 13.5. The summed E-state index contributed by atoms with van der Waals surface area (Å²) < 4.78 is 56.7. The highest BCUT2D eigenvalue weighted by Crippen LogP contribution is 2.33. The molecule has 1 amide bonds. The zero-order valence-electron chi connectivity index (χ0n) is 13.7. The minimum atomic E-state index is -4.75. The van der Waals surface area contributed by atoms with Crippen molar-refractivity contribution in [1.82, 2.24) is 4.90 Å². The van der Waals surface area contributed by atoms with Crippen LogP contribution in [0.5, 0.6) is 0 Å². The Morgan fingerprint density at radius 1 is 1.29 bits per heavy atom. The number of rotatable bonds is 2. The first-order chi connectivity index (χ1) is 11.0. The summed E-state index contributed by atoms with van der Waals surface area (Å²) in [7, 11) is 0. The van der Waals surface area contributed by atoms with Gasteiger partial charge in [0, 0.05) is 24.8 Å². The number of likely N-dealkylation sites (tertiary alicyclic amines) is 1. The fraction of sp³-hybridized carbons (Fsp3) is 0.562. The molecule has 4 nitrogen and oxygen atoms in total. The van der Waals surface area contributed by atoms with Crippen molar-refractivity contribution in [1.29, 1.82) is 0 Å². The summed E-state index contributed by atoms with van der Waals surface area (Å²) in [5, 5.41) is 2.91. The lowest BCUT2D eigenvalue weighted by atomic mass is 10.1. The number of carbonyl (C=O) groups excluding carboxylic acids is 1. The van der Waals surface area contributed by atoms with Crippen LogP contribution in [-0.2, 0) is 10.9 Å². The Kier molecular flexibility index (Phi) is 4.96. The Bertz CT molecular complexity index is 611. The van der Waals surface area contributed by atoms with Crippen LogP contribution >= 0.6 is 0 Å². The topological polar surface area (TPSA) is 41.6 Å². The van der Waals surface area contributed by atoms with E-state index in [1.807, 2.05) is 0 Å². The zero-order valence-corrected chi connectivity index (χ0v) is 13.7. The van der Waals surface area contributed by atoms with Crippen LogP contribution in [0.15, 0.2) is 18.2 Å². The van der Waals surface area contributed by atoms with Crippen LogP contribution in [0.4, 0.5) is 28.0 Å². The molecule has 24 heavy (non-hydrogen) atoms. The van der Waals surface area contributed by atoms with Crippen LogP contribution < -0.4 is 5.32 Å². The fourth-order valence-corrected chi connectivity index (χ4v) is 2.44. The minimum Gasteiger partial charge on any atom is -0.444 e. The summed E-state index contributed by atoms with van der Waals surface area (Å²) in [6, 6.07) is 2.56. The maximum absolute atomic E-state index is 13.3. The van der Waals surface area contributed by atoms with Crippen molar-refractivity contribution >= 4 is 11.8 Å². The van der Waals surface area contributed by atoms with Gasteiger partial charge >= 0.3 is 12.3 Å². The average Bonchev–Trinajstić information content (AvgIpc) is 2.86. The summed E-state index contributed by atoms with van der Waals surface area (Å²) >= 11 is 0. The Balaban J connectivity index is 2.00. The SMILES string of the molecule is CC(C)(C)OC(=O)N1CCC(Nc2ccc(F)c(C(F)(F)F)c2)C1. The van der Waals surface area contributed by atoms with Crippen molar-refractivity contribution < 1.29 is 27.1 Å². The first-order valence-corrected chi connectivity index (χ1v) is 7.57. The molecule has 1 heterocycles. The van der Waals surface area contributed by atoms with E-state index in [1.54, 1.807) is 20.8 Å². The molecule has 1 atom stereocenters. The molecule has 0 radical (unpaired) electrons. The molecule has 0 bridgehead atoms. The number of carbonyl (C=O) groups is 1. The van der Waals surface area contributed by atoms with Crippen molar-refractivity contribution in [2.24, 2.45) is 0 Å². The molecule has 0 spiro atoms. The van der Waals surface area contributed by atoms with E-state index in [2.05, 4.69) is 5.32 Å². The summed E-state index contributed by atoms with van der Waals surface area (Å²) in [5.41, 5.74) is -1.75. The molecular weight excluding hydrogens is 328 g/mol. The third-order valence-electron chi connectivity index (χ3n) is 3.48. The molecular formula is C16H20F4N2O2. The standard InChI is InChI=1S/C16H20F4N2O2/c1-15(2,3)24-14(23)22-7-6-11(9-22)21-10-4-5-13(17)12(8-10)16(18,19)20/h4-5,8,11,21H,6-7,9H2,1-3H3. The number of nitrogens with one attached hydrogen (secondary N) is 1. The third-order valence-corrected chi connectivity index (χ3v) is 3.48. The maximum Gasteiger partial charge on any atom is 0.419 e. The van der Waals surface area contributed by atoms with Crippen molar-refractivity contribution in [2.45, 2.75) is 45.0 Å². The van der Waals surface area contributed by atoms with Crippen LogP contribution in [0.2, 0.25) is 0 Å². The van der Waals surface area contributed by atoms with E-state index in [9.17, 15) is 22.4 Å². The second-order valence-electron chi connectivity index (χ2n) is 6.75. The number of hydrogen-bond donors (Lipinski definition) is 1. The highest BCUT2D eigenvalue weighted by molar-refractivity contribution is 5.68. The number of benzene rings is 1. The Labute approximate surface area is 137 Å². The molecule has 1 aromatic rings. The molecule has 1 N–H and O–H groups in total. The summed E-state index contributed by atoms with van der Waals surface area (Å²) in [6.07, 6.45) is -4.64. The van der Waals surface area contributed by atoms with Crippen LogP contribution in [-0.4, -0.2) is 35.7 Å². The number of halogens is 4. The van der Waals surface area contributed by atoms with E-state index < -0.39 is 29.3 Å². The molecule has 1 aromatic carbocycles. The number of ether oxygens (including phenoxy) is 1. The van der Waals surface area contributed by atoms with Gasteiger partial charge in [0.25, 0.3) is 0 Å². The third kappa shape index (κ3) is 4.75. The Morgan fingerprint density at radius 2 is 1.96 bits per heavy atom. The second-order valence-corrected chi connectivity index (χ2v) is 6.75. The monoisotopic (exact) mass is 348 g/mol. The van der Waals surface area contributed by atoms with Crippen LogP contribution in [0.25, 0.3) is 0 Å². The molecule has 1 aliphatic rings. The second kappa shape index (κ2) is 6.49. The molecule has 1 saturated heterocycles. The number of hydrogen-bond acceptors (Lipinski definition) is 3. The van der Waals surface area contributed by atoms with Gasteiger partial charge in [-0.25, -0.2) is 9.18 Å². The van der Waals surface area contributed by atoms with E-state index >= 15 is 0 Å². The molecule has 8 heteroatoms. The van der Waals surface area contributed by atoms with Gasteiger partial charge in [-0.3, -0.25) is 0 Å². The lowest BCUT2D eigenvalue weighted by Crippen LogP contribution is -2.36. The van der Waals surface area contributed by atoms with Crippen molar-refractivity contribution in [3.05, 3.63) is 29.6 Å². The van der Waals surface area contributed by atoms with Gasteiger partial charge in [0.1, 0.15) is 11.4 Å². The van der Waals surface area contributed by atoms with E-state index in [4.69, 9.17) is 4.74 Å². The van der Waals surface area contributed by atoms with Gasteiger partial charge in [0.2, 0.25) is 0 Å². The predicted molar refractivity (Wildman–Crippen MR) is 81.2 cm³/mol. The molecule has 0 aliphatic carbocycles. The Hall–Kier alpha value is -1.99. The highest BCUT2D eigenvalue weighted by Gasteiger charge is 2.35. The normalized spacial score (nSPS) is 18.6. The smallest absolute Gasteiger partial charge is 0.419 e. The molecule has 1 aliphatic heterocycles. The quantitative estimate of drug-likeness (QED) is 0.812. The van der Waals surface area contributed by atoms with E-state index in [1.165, 1.54) is 11.0 Å². The van der Waals surface area contributed by atoms with Crippen molar-refractivity contribution in [3.63, 3.8) is 0 Å². The van der Waals surface area contributed by atoms with E-state index in [0.29, 0.717) is 19.5 Å². The van der Waals surface area contributed by atoms with Crippen LogP contribution in [0.3, 0.4) is 0 Å². The van der Waals surface area contributed by atoms with Crippen molar-refractivity contribution in [2.75, 3.05) is 18.4 Å². The summed E-state index contributed by atoms with van der Waals surface area (Å²) in [6.45, 7) is 6.03. The molecule has 0 aromatic heterocycles. The molecule has 2 rings (SSSR count). The lowest BCUT2D eigenvalue weighted by molar-refractivity contribution is -0.139. The van der Waals surface area contributed by atoms with E-state index in [0.717, 1.165) is 12.1 Å². The van der Waals surface area contributed by atoms with Crippen molar-refractivity contribution in [3.8, 4) is 0 Å². The predicted octanol–water partition coefficient (Wildman–Crippen LogP) is 4.27. The molecule has 1 fully saturated rings. The van der Waals surface area contributed by atoms with Gasteiger partial charge < -0.3 is 15.0 Å². The van der Waals surface area contributed by atoms with Gasteiger partial charge in [-0.1, -0.05) is 0 Å². The van der Waals surface area contributed by atoms with Crippen LogP contribution in [0, 0.1) is 5.82 Å². The highest BCUT2D eigenvalue weighted by atomic mass is 19.4. The molecule has 134 valence electrons. The number of amides is 1. The lowest BCUT2D eigenvalue weighted by Gasteiger charge is -2.24. The minimum absolute atomic E-state index is 0.166. The molecule has 0 saturated carbocycles. The van der Waals surface area contributed by atoms with E-state index in [-0.39, 0.29) is 11.7 Å². The average molecular weight is 348 g/mol. The number of anilines is 1. The first-order valence-electron chi connectivity index (χ1n) is 7.57. The maximum atomic E-state index is 13.3. The zero-order chi connectivity index (χ0) is 18.1. The van der Waals surface area contributed by atoms with Gasteiger partial charge in [-0.05, 0) is 45.4 Å². The first kappa shape index (κ1) is 18.4. The summed E-state index contributed by atoms with van der Waals surface area (Å²) in [5.74, 6) is -1.31. The van der Waals surface area contributed by atoms with Gasteiger partial charge in [0.15, 0.2) is 0 Å². The Morgan fingerprint density at radius 3 is 2.54 bits per heavy atom. The van der Waals surface area contributed by atoms with Gasteiger partial charge in [-0.2, -0.15) is 13.2 Å². The fourth-order valence-electron chi connectivity index (χ4n) is 2.44. The van der Waals surface area contributed by atoms with Gasteiger partial charge in [0.05, 0.1) is 5.56 Å². The molecule has 1 unspecified atom stereocenters. The number of alkyl halides is 3. The van der Waals surface area contributed by atoms with Gasteiger partial charge in [-0.15, -0.1) is 0 Å². The largest absolute Gasteiger partial charge is 0.444 e. The number of nitrogens with zero attached hydrogens (tertiary/aromatic N) is 1. The van der Waals surface area contributed by atoms with Crippen LogP contribution in [0.1, 0.15) is 32.8 Å².